The number of ether oxygens (including phenoxy) is 6. The third-order valence-electron chi connectivity index (χ3n) is 18.3. The molecule has 0 bridgehead atoms. The van der Waals surface area contributed by atoms with Gasteiger partial charge in [-0.15, -0.1) is 0 Å². The third kappa shape index (κ3) is 67.4. The zero-order valence-corrected chi connectivity index (χ0v) is 66.9. The summed E-state index contributed by atoms with van der Waals surface area (Å²) in [5.74, 6) is -4.35. The lowest BCUT2D eigenvalue weighted by molar-refractivity contribution is -0.202. The monoisotopic (exact) mass is 1480 g/mol. The summed E-state index contributed by atoms with van der Waals surface area (Å²) in [6.45, 7) is 21.7. The van der Waals surface area contributed by atoms with Crippen LogP contribution < -0.4 is 58.9 Å². The number of hydrogen-bond donors (Lipinski definition) is 11. The summed E-state index contributed by atoms with van der Waals surface area (Å²) >= 11 is 0. The molecule has 0 saturated heterocycles. The molecule has 0 aliphatic heterocycles. The largest absolute Gasteiger partial charge is 0.454 e. The highest BCUT2D eigenvalue weighted by Gasteiger charge is 2.49. The number of unbranched alkanes of at least 4 members (excludes halogenated alkanes) is 32. The van der Waals surface area contributed by atoms with Crippen LogP contribution in [0.25, 0.3) is 0 Å². The van der Waals surface area contributed by atoms with Gasteiger partial charge in [0.25, 0.3) is 5.91 Å². The summed E-state index contributed by atoms with van der Waals surface area (Å²) in [5.41, 5.74) is 5.58. The molecule has 24 nitrogen and oxygen atoms in total. The topological polar surface area (TPSA) is 321 Å². The summed E-state index contributed by atoms with van der Waals surface area (Å²) in [4.78, 5) is 100. The van der Waals surface area contributed by atoms with Gasteiger partial charge in [0.15, 0.2) is 18.0 Å². The number of carbonyl (C=O) groups is 7. The molecule has 4 atom stereocenters. The third-order valence-corrected chi connectivity index (χ3v) is 18.3. The number of ketones is 1. The average molecular weight is 1480 g/mol. The van der Waals surface area contributed by atoms with Crippen LogP contribution in [0.4, 0.5) is 0 Å². The Morgan fingerprint density at radius 2 is 0.567 bits per heavy atom. The van der Waals surface area contributed by atoms with Crippen molar-refractivity contribution < 1.29 is 62.0 Å². The molecule has 0 saturated carbocycles. The number of Topliss-reactive ketones (excluding diaryl/α,β-unsaturated/α-hetero) is 1. The van der Waals surface area contributed by atoms with E-state index in [9.17, 15) is 24.0 Å². The van der Waals surface area contributed by atoms with Crippen LogP contribution in [0.1, 0.15) is 297 Å². The van der Waals surface area contributed by atoms with E-state index in [4.69, 9.17) is 34.2 Å². The van der Waals surface area contributed by atoms with E-state index in [-0.39, 0.29) is 51.2 Å². The van der Waals surface area contributed by atoms with E-state index >= 15 is 9.59 Å². The Morgan fingerprint density at radius 1 is 0.288 bits per heavy atom. The molecule has 0 radical (unpaired) electrons. The summed E-state index contributed by atoms with van der Waals surface area (Å²) < 4.78 is 35.6. The summed E-state index contributed by atoms with van der Waals surface area (Å²) in [7, 11) is 1.58. The zero-order valence-electron chi connectivity index (χ0n) is 66.9. The van der Waals surface area contributed by atoms with Gasteiger partial charge < -0.3 is 87.3 Å². The van der Waals surface area contributed by atoms with Crippen LogP contribution in [0, 0.1) is 0 Å². The molecule has 0 spiro atoms. The predicted molar refractivity (Wildman–Crippen MR) is 422 cm³/mol. The normalized spacial score (nSPS) is 12.6. The van der Waals surface area contributed by atoms with Crippen molar-refractivity contribution in [1.82, 2.24) is 53.2 Å². The van der Waals surface area contributed by atoms with Crippen LogP contribution in [0.3, 0.4) is 0 Å². The Labute approximate surface area is 632 Å². The van der Waals surface area contributed by atoms with Crippen molar-refractivity contribution in [2.24, 2.45) is 5.73 Å². The molecule has 24 heteroatoms. The highest BCUT2D eigenvalue weighted by molar-refractivity contribution is 5.88. The van der Waals surface area contributed by atoms with Gasteiger partial charge >= 0.3 is 23.9 Å². The molecule has 0 aliphatic rings. The quantitative estimate of drug-likeness (QED) is 0.0153. The molecular formula is C80H159N11O13. The van der Waals surface area contributed by atoms with Crippen LogP contribution in [0.5, 0.6) is 0 Å². The number of rotatable bonds is 84. The Bertz CT molecular complexity index is 1970. The second kappa shape index (κ2) is 80.1. The molecule has 4 unspecified atom stereocenters. The fourth-order valence-corrected chi connectivity index (χ4v) is 12.0. The van der Waals surface area contributed by atoms with Crippen molar-refractivity contribution in [3.63, 3.8) is 0 Å². The van der Waals surface area contributed by atoms with Crippen molar-refractivity contribution >= 4 is 41.5 Å². The fourth-order valence-electron chi connectivity index (χ4n) is 12.0. The van der Waals surface area contributed by atoms with E-state index in [1.807, 2.05) is 0 Å². The molecule has 0 rings (SSSR count). The molecule has 0 aromatic rings. The first-order valence-electron chi connectivity index (χ1n) is 42.3. The molecule has 12 N–H and O–H groups in total. The lowest BCUT2D eigenvalue weighted by Gasteiger charge is -2.35. The van der Waals surface area contributed by atoms with Gasteiger partial charge in [0.1, 0.15) is 6.61 Å². The van der Waals surface area contributed by atoms with Crippen LogP contribution in [-0.4, -0.2) is 217 Å². The van der Waals surface area contributed by atoms with E-state index < -0.39 is 60.0 Å². The van der Waals surface area contributed by atoms with Crippen LogP contribution in [-0.2, 0) is 62.0 Å². The predicted octanol–water partition coefficient (Wildman–Crippen LogP) is 10.2. The minimum atomic E-state index is -1.89. The van der Waals surface area contributed by atoms with Gasteiger partial charge in [0.05, 0.1) is 13.2 Å². The number of amides is 2. The molecule has 104 heavy (non-hydrogen) atoms. The van der Waals surface area contributed by atoms with E-state index in [0.717, 1.165) is 174 Å². The van der Waals surface area contributed by atoms with E-state index in [0.29, 0.717) is 104 Å². The van der Waals surface area contributed by atoms with Crippen LogP contribution in [0.2, 0.25) is 0 Å². The van der Waals surface area contributed by atoms with Crippen molar-refractivity contribution in [1.29, 1.82) is 0 Å². The van der Waals surface area contributed by atoms with Gasteiger partial charge in [-0.2, -0.15) is 0 Å². The standard InChI is InChI=1S/C80H159N11O13/c1-6-10-14-18-22-26-30-34-38-44-72(94)101-76(70(92)43-42-49-82-51-53-84-55-57-86-59-61-88-63-65-90-71(93)69-100-68-67-99-5)77(102-73(95)45-39-35-31-27-23-19-15-11-7-2)78(103-74(96)46-40-36-32-28-24-20-16-12-8-3)79(104-75(97)47-41-37-33-29-25-21-17-13-9-4)80(98)91-66-64-89-62-60-87-58-56-85-54-52-83-50-48-81/h76-79,82-89H,6-69,81H2,1-5H3,(H,90,93)(H,91,98). The highest BCUT2D eigenvalue weighted by atomic mass is 16.6. The molecular weight excluding hydrogens is 1320 g/mol. The van der Waals surface area contributed by atoms with Gasteiger partial charge in [-0.1, -0.05) is 233 Å². The smallest absolute Gasteiger partial charge is 0.306 e. The van der Waals surface area contributed by atoms with Crippen LogP contribution in [0.15, 0.2) is 0 Å². The van der Waals surface area contributed by atoms with Gasteiger partial charge in [-0.25, -0.2) is 0 Å². The maximum Gasteiger partial charge on any atom is 0.306 e. The first-order valence-corrected chi connectivity index (χ1v) is 42.3. The number of hydrogen-bond acceptors (Lipinski definition) is 22. The first-order chi connectivity index (χ1) is 51.0. The Morgan fingerprint density at radius 3 is 0.904 bits per heavy atom. The molecule has 0 fully saturated rings. The summed E-state index contributed by atoms with van der Waals surface area (Å²) in [6.07, 6.45) is 29.0. The van der Waals surface area contributed by atoms with Crippen molar-refractivity contribution in [2.45, 2.75) is 322 Å². The van der Waals surface area contributed by atoms with Crippen molar-refractivity contribution in [3.8, 4) is 0 Å². The Hall–Kier alpha value is -3.95. The van der Waals surface area contributed by atoms with E-state index in [1.54, 1.807) is 7.11 Å². The molecule has 0 aliphatic carbocycles. The van der Waals surface area contributed by atoms with Crippen LogP contribution >= 0.6 is 0 Å². The molecule has 0 aromatic carbocycles. The van der Waals surface area contributed by atoms with Crippen molar-refractivity contribution in [2.75, 3.05) is 151 Å². The second-order valence-corrected chi connectivity index (χ2v) is 28.1. The SMILES string of the molecule is CCCCCCCCCCCC(=O)OC(C(=O)CCCNCCNCCNCCNCCNC(=O)COCCOC)C(OC(=O)CCCCCCCCCCC)C(OC(=O)CCCCCCCCCCC)C(OC(=O)CCCCCCCCCCC)C(=O)NCCNCCNCCNCCNCCN. The number of methoxy groups -OCH3 is 1. The maximum atomic E-state index is 15.2. The molecule has 0 heterocycles. The van der Waals surface area contributed by atoms with Gasteiger partial charge in [-0.3, -0.25) is 33.6 Å². The second-order valence-electron chi connectivity index (χ2n) is 28.1. The summed E-state index contributed by atoms with van der Waals surface area (Å²) in [5, 5.41) is 32.7. The average Bonchev–Trinajstić information content (AvgIpc) is 0.808. The number of nitrogens with one attached hydrogen (secondary N) is 10. The van der Waals surface area contributed by atoms with Gasteiger partial charge in [-0.05, 0) is 38.6 Å². The van der Waals surface area contributed by atoms with Crippen molar-refractivity contribution in [3.05, 3.63) is 0 Å². The Kier molecular flexibility index (Phi) is 77.0. The number of carbonyl (C=O) groups excluding carboxylic acids is 7. The van der Waals surface area contributed by atoms with E-state index in [1.165, 1.54) is 89.9 Å². The molecule has 0 aromatic heterocycles. The minimum Gasteiger partial charge on any atom is -0.454 e. The molecule has 2 amide bonds. The van der Waals surface area contributed by atoms with Gasteiger partial charge in [0.2, 0.25) is 18.1 Å². The molecule has 612 valence electrons. The summed E-state index contributed by atoms with van der Waals surface area (Å²) in [6, 6.07) is 0. The van der Waals surface area contributed by atoms with E-state index in [2.05, 4.69) is 80.9 Å². The lowest BCUT2D eigenvalue weighted by atomic mass is 9.95. The first kappa shape index (κ1) is 100. The maximum absolute atomic E-state index is 15.2. The lowest BCUT2D eigenvalue weighted by Crippen LogP contribution is -2.58. The number of nitrogens with two attached hydrogens (primary N) is 1. The Balaban J connectivity index is 7.14. The van der Waals surface area contributed by atoms with Gasteiger partial charge in [0, 0.05) is 157 Å². The minimum absolute atomic E-state index is 0.00609. The fraction of sp³-hybridized carbons (Fsp3) is 0.912. The zero-order chi connectivity index (χ0) is 75.9. The number of esters is 4. The highest BCUT2D eigenvalue weighted by Crippen LogP contribution is 2.26.